The van der Waals surface area contributed by atoms with Crippen LogP contribution >= 0.6 is 11.6 Å². The third kappa shape index (κ3) is 2.50. The Kier molecular flexibility index (Phi) is 3.79. The molecular formula is C13H17ClN2O. The molecule has 0 unspecified atom stereocenters. The molecule has 1 aliphatic rings. The molecule has 0 saturated heterocycles. The normalized spacial score (nSPS) is 18.2. The number of ketones is 1. The lowest BCUT2D eigenvalue weighted by molar-refractivity contribution is -0.127. The van der Waals surface area contributed by atoms with E-state index in [9.17, 15) is 4.79 Å². The number of nitrogens with two attached hydrogens (primary N) is 1. The number of Topliss-reactive ketones (excluding diaryl/α,β-unsaturated/α-hetero) is 1. The molecule has 3 nitrogen and oxygen atoms in total. The lowest BCUT2D eigenvalue weighted by atomic mass is 9.79. The first kappa shape index (κ1) is 12.5. The van der Waals surface area contributed by atoms with Crippen molar-refractivity contribution < 1.29 is 4.79 Å². The van der Waals surface area contributed by atoms with Gasteiger partial charge < -0.3 is 5.73 Å². The highest BCUT2D eigenvalue weighted by atomic mass is 35.5. The Morgan fingerprint density at radius 1 is 1.47 bits per heavy atom. The monoisotopic (exact) mass is 252 g/mol. The summed E-state index contributed by atoms with van der Waals surface area (Å²) < 4.78 is 0. The number of carbonyl (C=O) groups is 1. The summed E-state index contributed by atoms with van der Waals surface area (Å²) in [5.41, 5.74) is 6.35. The number of pyridine rings is 1. The van der Waals surface area contributed by atoms with E-state index in [4.69, 9.17) is 17.3 Å². The fraction of sp³-hybridized carbons (Fsp3) is 0.538. The van der Waals surface area contributed by atoms with Gasteiger partial charge in [-0.15, -0.1) is 0 Å². The summed E-state index contributed by atoms with van der Waals surface area (Å²) in [4.78, 5) is 16.3. The molecule has 0 bridgehead atoms. The van der Waals surface area contributed by atoms with Crippen LogP contribution in [0.1, 0.15) is 31.2 Å². The van der Waals surface area contributed by atoms with Crippen molar-refractivity contribution >= 4 is 17.4 Å². The minimum atomic E-state index is -0.299. The molecule has 0 aromatic carbocycles. The Labute approximate surface area is 106 Å². The van der Waals surface area contributed by atoms with E-state index in [1.54, 1.807) is 18.5 Å². The van der Waals surface area contributed by atoms with E-state index in [0.29, 0.717) is 18.0 Å². The molecule has 0 spiro atoms. The highest BCUT2D eigenvalue weighted by molar-refractivity contribution is 6.31. The van der Waals surface area contributed by atoms with Crippen LogP contribution in [-0.4, -0.2) is 17.3 Å². The van der Waals surface area contributed by atoms with Gasteiger partial charge in [-0.25, -0.2) is 0 Å². The lowest BCUT2D eigenvalue weighted by Crippen LogP contribution is -2.37. The molecule has 0 radical (unpaired) electrons. The minimum absolute atomic E-state index is 0.227. The summed E-state index contributed by atoms with van der Waals surface area (Å²) in [5.74, 6) is 0.227. The average molecular weight is 253 g/mol. The van der Waals surface area contributed by atoms with Gasteiger partial charge in [0.1, 0.15) is 5.78 Å². The van der Waals surface area contributed by atoms with Gasteiger partial charge in [-0.3, -0.25) is 9.78 Å². The second-order valence-corrected chi connectivity index (χ2v) is 5.17. The molecule has 1 aliphatic carbocycles. The number of rotatable bonds is 4. The maximum Gasteiger partial charge on any atom is 0.144 e. The zero-order valence-electron chi connectivity index (χ0n) is 9.79. The van der Waals surface area contributed by atoms with Gasteiger partial charge in [0.05, 0.1) is 5.02 Å². The Morgan fingerprint density at radius 3 is 2.76 bits per heavy atom. The molecule has 0 atom stereocenters. The number of aromatic nitrogens is 1. The number of halogens is 1. The molecule has 0 amide bonds. The maximum atomic E-state index is 12.4. The molecular weight excluding hydrogens is 236 g/mol. The largest absolute Gasteiger partial charge is 0.329 e. The van der Waals surface area contributed by atoms with E-state index in [1.807, 2.05) is 0 Å². The summed E-state index contributed by atoms with van der Waals surface area (Å²) in [6.07, 6.45) is 7.67. The predicted molar refractivity (Wildman–Crippen MR) is 67.9 cm³/mol. The molecule has 1 aromatic rings. The molecule has 1 heterocycles. The van der Waals surface area contributed by atoms with Crippen LogP contribution in [0.15, 0.2) is 18.5 Å². The predicted octanol–water partition coefficient (Wildman–Crippen LogP) is 2.37. The van der Waals surface area contributed by atoms with Gasteiger partial charge in [0, 0.05) is 30.8 Å². The van der Waals surface area contributed by atoms with Crippen LogP contribution in [0.4, 0.5) is 0 Å². The van der Waals surface area contributed by atoms with E-state index in [1.165, 1.54) is 0 Å². The van der Waals surface area contributed by atoms with Gasteiger partial charge in [0.2, 0.25) is 0 Å². The van der Waals surface area contributed by atoms with Gasteiger partial charge in [-0.2, -0.15) is 0 Å². The van der Waals surface area contributed by atoms with Gasteiger partial charge in [-0.05, 0) is 24.5 Å². The molecule has 17 heavy (non-hydrogen) atoms. The van der Waals surface area contributed by atoms with E-state index in [2.05, 4.69) is 4.98 Å². The van der Waals surface area contributed by atoms with Crippen molar-refractivity contribution in [2.45, 2.75) is 32.1 Å². The van der Waals surface area contributed by atoms with Crippen LogP contribution in [0.25, 0.3) is 0 Å². The maximum absolute atomic E-state index is 12.4. The van der Waals surface area contributed by atoms with Crippen molar-refractivity contribution in [1.82, 2.24) is 4.98 Å². The van der Waals surface area contributed by atoms with Crippen molar-refractivity contribution in [2.75, 3.05) is 6.54 Å². The van der Waals surface area contributed by atoms with E-state index in [0.717, 1.165) is 31.2 Å². The van der Waals surface area contributed by atoms with Crippen molar-refractivity contribution in [3.63, 3.8) is 0 Å². The van der Waals surface area contributed by atoms with Crippen LogP contribution in [0, 0.1) is 5.41 Å². The minimum Gasteiger partial charge on any atom is -0.329 e. The van der Waals surface area contributed by atoms with E-state index >= 15 is 0 Å². The standard InChI is InChI=1S/C13H17ClN2O/c14-11-8-16-6-3-10(11)7-12(17)13(9-15)4-1-2-5-13/h3,6,8H,1-2,4-5,7,9,15H2. The highest BCUT2D eigenvalue weighted by Crippen LogP contribution is 2.39. The van der Waals surface area contributed by atoms with Crippen LogP contribution in [0.2, 0.25) is 5.02 Å². The molecule has 1 aromatic heterocycles. The molecule has 4 heteroatoms. The quantitative estimate of drug-likeness (QED) is 0.895. The second-order valence-electron chi connectivity index (χ2n) is 4.76. The second kappa shape index (κ2) is 5.15. The van der Waals surface area contributed by atoms with E-state index in [-0.39, 0.29) is 11.2 Å². The van der Waals surface area contributed by atoms with E-state index < -0.39 is 0 Å². The van der Waals surface area contributed by atoms with Gasteiger partial charge >= 0.3 is 0 Å². The molecule has 0 aliphatic heterocycles. The third-order valence-electron chi connectivity index (χ3n) is 3.75. The first-order valence-electron chi connectivity index (χ1n) is 6.00. The Morgan fingerprint density at radius 2 is 2.18 bits per heavy atom. The Bertz CT molecular complexity index is 414. The fourth-order valence-electron chi connectivity index (χ4n) is 2.56. The zero-order chi connectivity index (χ0) is 12.3. The van der Waals surface area contributed by atoms with Crippen molar-refractivity contribution in [3.8, 4) is 0 Å². The first-order chi connectivity index (χ1) is 8.18. The van der Waals surface area contributed by atoms with Crippen LogP contribution in [-0.2, 0) is 11.2 Å². The molecule has 1 saturated carbocycles. The number of nitrogens with zero attached hydrogens (tertiary/aromatic N) is 1. The SMILES string of the molecule is NCC1(C(=O)Cc2ccncc2Cl)CCCC1. The third-order valence-corrected chi connectivity index (χ3v) is 4.09. The molecule has 1 fully saturated rings. The van der Waals surface area contributed by atoms with Crippen molar-refractivity contribution in [2.24, 2.45) is 11.1 Å². The average Bonchev–Trinajstić information content (AvgIpc) is 2.82. The number of carbonyl (C=O) groups excluding carboxylic acids is 1. The van der Waals surface area contributed by atoms with Gasteiger partial charge in [0.15, 0.2) is 0 Å². The Balaban J connectivity index is 2.14. The number of hydrogen-bond donors (Lipinski definition) is 1. The molecule has 92 valence electrons. The zero-order valence-corrected chi connectivity index (χ0v) is 10.5. The van der Waals surface area contributed by atoms with Crippen molar-refractivity contribution in [1.29, 1.82) is 0 Å². The summed E-state index contributed by atoms with van der Waals surface area (Å²) in [5, 5.41) is 0.561. The smallest absolute Gasteiger partial charge is 0.144 e. The first-order valence-corrected chi connectivity index (χ1v) is 6.37. The summed E-state index contributed by atoms with van der Waals surface area (Å²) >= 11 is 6.02. The summed E-state index contributed by atoms with van der Waals surface area (Å²) in [6.45, 7) is 0.453. The number of hydrogen-bond acceptors (Lipinski definition) is 3. The summed E-state index contributed by atoms with van der Waals surface area (Å²) in [7, 11) is 0. The van der Waals surface area contributed by atoms with Gasteiger partial charge in [0.25, 0.3) is 0 Å². The topological polar surface area (TPSA) is 56.0 Å². The van der Waals surface area contributed by atoms with Gasteiger partial charge in [-0.1, -0.05) is 24.4 Å². The fourth-order valence-corrected chi connectivity index (χ4v) is 2.74. The molecule has 2 N–H and O–H groups in total. The van der Waals surface area contributed by atoms with Crippen molar-refractivity contribution in [3.05, 3.63) is 29.0 Å². The Hall–Kier alpha value is -0.930. The van der Waals surface area contributed by atoms with Crippen LogP contribution < -0.4 is 5.73 Å². The lowest BCUT2D eigenvalue weighted by Gasteiger charge is -2.25. The summed E-state index contributed by atoms with van der Waals surface area (Å²) in [6, 6.07) is 1.80. The van der Waals surface area contributed by atoms with Crippen LogP contribution in [0.3, 0.4) is 0 Å². The molecule has 2 rings (SSSR count). The van der Waals surface area contributed by atoms with Crippen LogP contribution in [0.5, 0.6) is 0 Å². The highest BCUT2D eigenvalue weighted by Gasteiger charge is 2.39.